The molecule has 2 N–H and O–H groups in total. The Morgan fingerprint density at radius 1 is 1.29 bits per heavy atom. The molecule has 0 amide bonds. The van der Waals surface area contributed by atoms with Crippen molar-refractivity contribution in [2.75, 3.05) is 37.6 Å². The van der Waals surface area contributed by atoms with Crippen molar-refractivity contribution in [3.63, 3.8) is 0 Å². The number of esters is 1. The van der Waals surface area contributed by atoms with E-state index in [2.05, 4.69) is 40.4 Å². The van der Waals surface area contributed by atoms with Gasteiger partial charge in [0.05, 0.1) is 12.9 Å². The maximum absolute atomic E-state index is 11.1. The standard InChI is InChI=1S/C10H14N8O2S/c1-11-7-14-8(12-2)16-9(15-7)18-5-13-10(17-18)21-4-6(19)20-3/h5H,4H2,1-3H3,(H2,11,12,14,15,16). The number of anilines is 2. The number of hydrogen-bond donors (Lipinski definition) is 2. The number of methoxy groups -OCH3 is 1. The second-order valence-corrected chi connectivity index (χ2v) is 4.56. The van der Waals surface area contributed by atoms with Crippen LogP contribution in [-0.2, 0) is 9.53 Å². The summed E-state index contributed by atoms with van der Waals surface area (Å²) in [4.78, 5) is 27.6. The Morgan fingerprint density at radius 3 is 2.52 bits per heavy atom. The van der Waals surface area contributed by atoms with Crippen molar-refractivity contribution >= 4 is 29.6 Å². The quantitative estimate of drug-likeness (QED) is 0.548. The first-order valence-electron chi connectivity index (χ1n) is 5.89. The van der Waals surface area contributed by atoms with Gasteiger partial charge in [0.2, 0.25) is 17.1 Å². The molecular weight excluding hydrogens is 296 g/mol. The lowest BCUT2D eigenvalue weighted by Crippen LogP contribution is -2.09. The lowest BCUT2D eigenvalue weighted by atomic mass is 10.8. The summed E-state index contributed by atoms with van der Waals surface area (Å²) in [6.07, 6.45) is 1.47. The van der Waals surface area contributed by atoms with Gasteiger partial charge in [-0.25, -0.2) is 4.98 Å². The Labute approximate surface area is 124 Å². The maximum Gasteiger partial charge on any atom is 0.316 e. The van der Waals surface area contributed by atoms with Crippen LogP contribution in [0.3, 0.4) is 0 Å². The van der Waals surface area contributed by atoms with Crippen molar-refractivity contribution in [1.82, 2.24) is 29.7 Å². The molecule has 2 heterocycles. The largest absolute Gasteiger partial charge is 0.468 e. The minimum Gasteiger partial charge on any atom is -0.468 e. The second kappa shape index (κ2) is 6.83. The molecule has 0 unspecified atom stereocenters. The number of aromatic nitrogens is 6. The van der Waals surface area contributed by atoms with Crippen LogP contribution < -0.4 is 10.6 Å². The average molecular weight is 310 g/mol. The smallest absolute Gasteiger partial charge is 0.316 e. The zero-order chi connectivity index (χ0) is 15.2. The van der Waals surface area contributed by atoms with Crippen LogP contribution in [0.15, 0.2) is 11.5 Å². The number of carbonyl (C=O) groups is 1. The highest BCUT2D eigenvalue weighted by molar-refractivity contribution is 7.99. The summed E-state index contributed by atoms with van der Waals surface area (Å²) in [5.41, 5.74) is 0. The van der Waals surface area contributed by atoms with Crippen molar-refractivity contribution in [3.8, 4) is 5.95 Å². The lowest BCUT2D eigenvalue weighted by Gasteiger charge is -2.05. The molecule has 112 valence electrons. The summed E-state index contributed by atoms with van der Waals surface area (Å²) >= 11 is 1.17. The molecule has 0 saturated carbocycles. The fraction of sp³-hybridized carbons (Fsp3) is 0.400. The van der Waals surface area contributed by atoms with Gasteiger partial charge in [-0.15, -0.1) is 5.10 Å². The van der Waals surface area contributed by atoms with Crippen LogP contribution in [0.25, 0.3) is 5.95 Å². The normalized spacial score (nSPS) is 10.2. The number of thioether (sulfide) groups is 1. The Bertz CT molecular complexity index is 609. The Hall–Kier alpha value is -2.43. The predicted octanol–water partition coefficient (Wildman–Crippen LogP) is -0.199. The summed E-state index contributed by atoms with van der Waals surface area (Å²) in [5.74, 6) is 0.927. The van der Waals surface area contributed by atoms with Crippen molar-refractivity contribution in [2.24, 2.45) is 0 Å². The van der Waals surface area contributed by atoms with Crippen molar-refractivity contribution < 1.29 is 9.53 Å². The molecule has 2 rings (SSSR count). The van der Waals surface area contributed by atoms with Crippen LogP contribution in [0.2, 0.25) is 0 Å². The molecule has 0 atom stereocenters. The minimum absolute atomic E-state index is 0.140. The highest BCUT2D eigenvalue weighted by atomic mass is 32.2. The van der Waals surface area contributed by atoms with E-state index in [9.17, 15) is 4.79 Å². The van der Waals surface area contributed by atoms with Crippen LogP contribution in [-0.4, -0.2) is 62.6 Å². The Kier molecular flexibility index (Phi) is 4.87. The number of nitrogens with one attached hydrogen (secondary N) is 2. The SMILES string of the molecule is CNc1nc(NC)nc(-n2cnc(SCC(=O)OC)n2)n1. The molecule has 0 radical (unpaired) electrons. The van der Waals surface area contributed by atoms with E-state index in [0.717, 1.165) is 0 Å². The van der Waals surface area contributed by atoms with E-state index in [-0.39, 0.29) is 11.7 Å². The summed E-state index contributed by atoms with van der Waals surface area (Å²) in [6, 6.07) is 0. The molecule has 0 saturated heterocycles. The van der Waals surface area contributed by atoms with Crippen molar-refractivity contribution in [1.29, 1.82) is 0 Å². The third-order valence-electron chi connectivity index (χ3n) is 2.29. The molecular formula is C10H14N8O2S. The molecule has 0 aliphatic rings. The molecule has 0 spiro atoms. The second-order valence-electron chi connectivity index (χ2n) is 3.62. The molecule has 2 aromatic heterocycles. The van der Waals surface area contributed by atoms with E-state index >= 15 is 0 Å². The third kappa shape index (κ3) is 3.78. The van der Waals surface area contributed by atoms with Crippen LogP contribution in [0.4, 0.5) is 11.9 Å². The molecule has 21 heavy (non-hydrogen) atoms. The Morgan fingerprint density at radius 2 is 1.95 bits per heavy atom. The van der Waals surface area contributed by atoms with Gasteiger partial charge >= 0.3 is 5.97 Å². The molecule has 0 fully saturated rings. The topological polar surface area (TPSA) is 120 Å². The summed E-state index contributed by atoms with van der Waals surface area (Å²) < 4.78 is 5.96. The van der Waals surface area contributed by atoms with Gasteiger partial charge < -0.3 is 15.4 Å². The highest BCUT2D eigenvalue weighted by Crippen LogP contribution is 2.14. The summed E-state index contributed by atoms with van der Waals surface area (Å²) in [6.45, 7) is 0. The monoisotopic (exact) mass is 310 g/mol. The fourth-order valence-corrected chi connectivity index (χ4v) is 1.92. The molecule has 2 aromatic rings. The lowest BCUT2D eigenvalue weighted by molar-refractivity contribution is -0.137. The van der Waals surface area contributed by atoms with Gasteiger partial charge in [-0.3, -0.25) is 4.79 Å². The van der Waals surface area contributed by atoms with E-state index in [1.165, 1.54) is 29.9 Å². The summed E-state index contributed by atoms with van der Waals surface area (Å²) in [5, 5.41) is 10.3. The molecule has 0 aliphatic heterocycles. The third-order valence-corrected chi connectivity index (χ3v) is 3.12. The highest BCUT2D eigenvalue weighted by Gasteiger charge is 2.11. The van der Waals surface area contributed by atoms with Crippen LogP contribution in [0.1, 0.15) is 0 Å². The van der Waals surface area contributed by atoms with E-state index in [0.29, 0.717) is 23.0 Å². The molecule has 0 bridgehead atoms. The van der Waals surface area contributed by atoms with Gasteiger partial charge in [0.15, 0.2) is 0 Å². The first-order valence-corrected chi connectivity index (χ1v) is 6.88. The van der Waals surface area contributed by atoms with Gasteiger partial charge in [0.25, 0.3) is 5.95 Å². The average Bonchev–Trinajstić information content (AvgIpc) is 3.00. The first-order chi connectivity index (χ1) is 10.2. The van der Waals surface area contributed by atoms with E-state index in [4.69, 9.17) is 0 Å². The number of carbonyl (C=O) groups excluding carboxylic acids is 1. The number of nitrogens with zero attached hydrogens (tertiary/aromatic N) is 6. The minimum atomic E-state index is -0.341. The molecule has 0 aliphatic carbocycles. The molecule has 0 aromatic carbocycles. The molecule has 10 nitrogen and oxygen atoms in total. The van der Waals surface area contributed by atoms with E-state index in [1.54, 1.807) is 14.1 Å². The van der Waals surface area contributed by atoms with Crippen LogP contribution >= 0.6 is 11.8 Å². The van der Waals surface area contributed by atoms with Gasteiger partial charge in [0.1, 0.15) is 6.33 Å². The zero-order valence-electron chi connectivity index (χ0n) is 11.7. The fourth-order valence-electron chi connectivity index (χ4n) is 1.28. The zero-order valence-corrected chi connectivity index (χ0v) is 12.5. The first kappa shape index (κ1) is 15.0. The van der Waals surface area contributed by atoms with Gasteiger partial charge in [-0.05, 0) is 0 Å². The number of hydrogen-bond acceptors (Lipinski definition) is 10. The number of ether oxygens (including phenoxy) is 1. The van der Waals surface area contributed by atoms with Crippen molar-refractivity contribution in [3.05, 3.63) is 6.33 Å². The molecule has 11 heteroatoms. The Balaban J connectivity index is 2.18. The predicted molar refractivity (Wildman–Crippen MR) is 76.6 cm³/mol. The van der Waals surface area contributed by atoms with Crippen LogP contribution in [0.5, 0.6) is 0 Å². The summed E-state index contributed by atoms with van der Waals surface area (Å²) in [7, 11) is 4.74. The van der Waals surface area contributed by atoms with Gasteiger partial charge in [0, 0.05) is 14.1 Å². The van der Waals surface area contributed by atoms with Gasteiger partial charge in [-0.2, -0.15) is 19.6 Å². The van der Waals surface area contributed by atoms with E-state index in [1.807, 2.05) is 0 Å². The maximum atomic E-state index is 11.1. The van der Waals surface area contributed by atoms with Gasteiger partial charge in [-0.1, -0.05) is 11.8 Å². The van der Waals surface area contributed by atoms with Crippen LogP contribution in [0, 0.1) is 0 Å². The van der Waals surface area contributed by atoms with E-state index < -0.39 is 0 Å². The number of rotatable bonds is 6. The van der Waals surface area contributed by atoms with Crippen molar-refractivity contribution in [2.45, 2.75) is 5.16 Å².